The average Bonchev–Trinajstić information content (AvgIpc) is 3.59. The Hall–Kier alpha value is -2.82. The van der Waals surface area contributed by atoms with E-state index >= 15 is 0 Å². The number of carbonyl (C=O) groups is 1. The van der Waals surface area contributed by atoms with Crippen molar-refractivity contribution in [2.45, 2.75) is 57.4 Å². The highest BCUT2D eigenvalue weighted by Crippen LogP contribution is 2.47. The fourth-order valence-corrected chi connectivity index (χ4v) is 7.36. The number of hydrogen-bond donors (Lipinski definition) is 2. The molecular weight excluding hydrogens is 544 g/mol. The van der Waals surface area contributed by atoms with Crippen LogP contribution in [0.3, 0.4) is 0 Å². The van der Waals surface area contributed by atoms with Gasteiger partial charge in [-0.2, -0.15) is 0 Å². The molecule has 41 heavy (non-hydrogen) atoms. The van der Waals surface area contributed by atoms with Crippen LogP contribution in [0, 0.1) is 5.92 Å². The summed E-state index contributed by atoms with van der Waals surface area (Å²) in [5.41, 5.74) is 1.84. The number of methoxy groups -OCH3 is 1. The summed E-state index contributed by atoms with van der Waals surface area (Å²) in [6.07, 6.45) is 5.68. The number of rotatable bonds is 17. The van der Waals surface area contributed by atoms with Crippen molar-refractivity contribution in [1.82, 2.24) is 10.2 Å². The number of likely N-dealkylation sites (tertiary alicyclic amines) is 1. The van der Waals surface area contributed by atoms with Crippen LogP contribution in [0.2, 0.25) is 0 Å². The van der Waals surface area contributed by atoms with Crippen LogP contribution in [0.5, 0.6) is 17.2 Å². The van der Waals surface area contributed by atoms with Crippen LogP contribution in [0.4, 0.5) is 0 Å². The Bertz CT molecular complexity index is 1240. The highest BCUT2D eigenvalue weighted by molar-refractivity contribution is 7.91. The Balaban J connectivity index is 1.38. The maximum absolute atomic E-state index is 12.7. The van der Waals surface area contributed by atoms with Gasteiger partial charge in [0.1, 0.15) is 15.6 Å². The number of aliphatic carboxylic acids is 1. The Morgan fingerprint density at radius 3 is 2.41 bits per heavy atom. The van der Waals surface area contributed by atoms with E-state index in [-0.39, 0.29) is 30.3 Å². The zero-order valence-electron chi connectivity index (χ0n) is 24.2. The zero-order valence-corrected chi connectivity index (χ0v) is 25.0. The largest absolute Gasteiger partial charge is 0.497 e. The molecule has 0 saturated carbocycles. The molecule has 2 aliphatic heterocycles. The quantitative estimate of drug-likeness (QED) is 0.255. The Morgan fingerprint density at radius 1 is 0.976 bits per heavy atom. The topological polar surface area (TPSA) is 114 Å². The van der Waals surface area contributed by atoms with Crippen LogP contribution in [0.15, 0.2) is 42.5 Å². The summed E-state index contributed by atoms with van der Waals surface area (Å²) in [5, 5.41) is 13.8. The second kappa shape index (κ2) is 14.9. The predicted octanol–water partition coefficient (Wildman–Crippen LogP) is 4.63. The van der Waals surface area contributed by atoms with Crippen LogP contribution in [0.1, 0.15) is 68.5 Å². The van der Waals surface area contributed by atoms with Gasteiger partial charge in [-0.25, -0.2) is 8.42 Å². The van der Waals surface area contributed by atoms with Crippen molar-refractivity contribution in [3.63, 3.8) is 0 Å². The molecule has 2 heterocycles. The molecule has 10 heteroatoms. The van der Waals surface area contributed by atoms with Gasteiger partial charge in [0, 0.05) is 31.6 Å². The molecule has 0 amide bonds. The molecule has 0 aliphatic carbocycles. The Morgan fingerprint density at radius 2 is 1.68 bits per heavy atom. The standard InChI is InChI=1S/C31H44N2O7S/c1-3-4-5-6-7-18-41(36,37)19-8-15-32-16-17-33-21-26(24-11-14-27-28(20-24)40-22-39-27)29(31(34)35)30(33)23-9-12-25(38-2)13-10-23/h9-14,20,26,29-30,32H,3-8,15-19,21-22H2,1-2H3,(H,34,35)/t26-,29+,30-/m1/s1. The molecule has 226 valence electrons. The Kier molecular flexibility index (Phi) is 11.3. The third-order valence-electron chi connectivity index (χ3n) is 8.11. The van der Waals surface area contributed by atoms with E-state index in [9.17, 15) is 18.3 Å². The van der Waals surface area contributed by atoms with E-state index in [0.717, 1.165) is 49.0 Å². The number of nitrogens with one attached hydrogen (secondary N) is 1. The van der Waals surface area contributed by atoms with Crippen molar-refractivity contribution in [3.05, 3.63) is 53.6 Å². The molecule has 0 unspecified atom stereocenters. The van der Waals surface area contributed by atoms with Gasteiger partial charge in [0.05, 0.1) is 24.5 Å². The summed E-state index contributed by atoms with van der Waals surface area (Å²) < 4.78 is 41.1. The monoisotopic (exact) mass is 588 g/mol. The summed E-state index contributed by atoms with van der Waals surface area (Å²) in [6, 6.07) is 13.0. The highest BCUT2D eigenvalue weighted by atomic mass is 32.2. The normalized spacial score (nSPS) is 20.4. The minimum Gasteiger partial charge on any atom is -0.497 e. The second-order valence-electron chi connectivity index (χ2n) is 11.0. The molecule has 3 atom stereocenters. The molecular formula is C31H44N2O7S. The van der Waals surface area contributed by atoms with Gasteiger partial charge in [0.25, 0.3) is 0 Å². The van der Waals surface area contributed by atoms with Crippen LogP contribution < -0.4 is 19.5 Å². The first-order chi connectivity index (χ1) is 19.8. The minimum absolute atomic E-state index is 0.165. The predicted molar refractivity (Wildman–Crippen MR) is 159 cm³/mol. The lowest BCUT2D eigenvalue weighted by atomic mass is 9.82. The van der Waals surface area contributed by atoms with Crippen molar-refractivity contribution < 1.29 is 32.5 Å². The first kappa shape index (κ1) is 31.1. The van der Waals surface area contributed by atoms with E-state index in [1.165, 1.54) is 0 Å². The molecule has 2 aromatic carbocycles. The Labute approximate surface area is 244 Å². The maximum Gasteiger partial charge on any atom is 0.309 e. The molecule has 1 saturated heterocycles. The smallest absolute Gasteiger partial charge is 0.309 e. The summed E-state index contributed by atoms with van der Waals surface area (Å²) in [7, 11) is -1.42. The second-order valence-corrected chi connectivity index (χ2v) is 13.3. The molecule has 0 spiro atoms. The van der Waals surface area contributed by atoms with Crippen molar-refractivity contribution >= 4 is 15.8 Å². The average molecular weight is 589 g/mol. The summed E-state index contributed by atoms with van der Waals surface area (Å²) in [5.74, 6) is 0.751. The summed E-state index contributed by atoms with van der Waals surface area (Å²) >= 11 is 0. The fraction of sp³-hybridized carbons (Fsp3) is 0.581. The van der Waals surface area contributed by atoms with E-state index in [1.54, 1.807) is 7.11 Å². The first-order valence-corrected chi connectivity index (χ1v) is 16.6. The van der Waals surface area contributed by atoms with Crippen LogP contribution in [-0.4, -0.2) is 76.0 Å². The van der Waals surface area contributed by atoms with Gasteiger partial charge in [-0.3, -0.25) is 9.69 Å². The molecule has 4 rings (SSSR count). The summed E-state index contributed by atoms with van der Waals surface area (Å²) in [6.45, 7) is 4.74. The van der Waals surface area contributed by atoms with Gasteiger partial charge in [-0.15, -0.1) is 0 Å². The van der Waals surface area contributed by atoms with Crippen molar-refractivity contribution in [2.24, 2.45) is 5.92 Å². The number of fused-ring (bicyclic) bond motifs is 1. The van der Waals surface area contributed by atoms with Gasteiger partial charge in [0.15, 0.2) is 11.5 Å². The molecule has 0 aromatic heterocycles. The molecule has 1 fully saturated rings. The molecule has 9 nitrogen and oxygen atoms in total. The lowest BCUT2D eigenvalue weighted by molar-refractivity contribution is -0.143. The molecule has 2 aromatic rings. The minimum atomic E-state index is -3.03. The number of hydrogen-bond acceptors (Lipinski definition) is 8. The number of carboxylic acid groups (broad SMARTS) is 1. The van der Waals surface area contributed by atoms with Gasteiger partial charge in [-0.05, 0) is 54.8 Å². The lowest BCUT2D eigenvalue weighted by Gasteiger charge is -2.27. The van der Waals surface area contributed by atoms with Crippen LogP contribution in [-0.2, 0) is 14.6 Å². The number of unbranched alkanes of at least 4 members (excludes halogenated alkanes) is 4. The number of nitrogens with zero attached hydrogens (tertiary/aromatic N) is 1. The molecule has 0 radical (unpaired) electrons. The van der Waals surface area contributed by atoms with E-state index in [2.05, 4.69) is 17.1 Å². The number of ether oxygens (including phenoxy) is 3. The highest BCUT2D eigenvalue weighted by Gasteiger charge is 2.47. The number of sulfone groups is 1. The van der Waals surface area contributed by atoms with Crippen molar-refractivity contribution in [1.29, 1.82) is 0 Å². The molecule has 2 N–H and O–H groups in total. The molecule has 0 bridgehead atoms. The number of benzene rings is 2. The van der Waals surface area contributed by atoms with E-state index in [4.69, 9.17) is 14.2 Å². The fourth-order valence-electron chi connectivity index (χ4n) is 5.93. The number of carboxylic acids is 1. The van der Waals surface area contributed by atoms with E-state index in [1.807, 2.05) is 42.5 Å². The van der Waals surface area contributed by atoms with Gasteiger partial charge in [0.2, 0.25) is 6.79 Å². The van der Waals surface area contributed by atoms with Crippen LogP contribution >= 0.6 is 0 Å². The SMILES string of the molecule is CCCCCCCS(=O)(=O)CCCNCCN1C[C@H](c2ccc3c(c2)OCO3)[C@H](C(=O)O)[C@H]1c1ccc(OC)cc1. The maximum atomic E-state index is 12.7. The van der Waals surface area contributed by atoms with Crippen molar-refractivity contribution in [2.75, 3.05) is 51.6 Å². The third kappa shape index (κ3) is 8.36. The van der Waals surface area contributed by atoms with Gasteiger partial charge in [-0.1, -0.05) is 50.8 Å². The third-order valence-corrected chi connectivity index (χ3v) is 9.93. The van der Waals surface area contributed by atoms with Gasteiger partial charge >= 0.3 is 5.97 Å². The van der Waals surface area contributed by atoms with Crippen LogP contribution in [0.25, 0.3) is 0 Å². The lowest BCUT2D eigenvalue weighted by Crippen LogP contribution is -2.34. The molecule has 2 aliphatic rings. The van der Waals surface area contributed by atoms with E-state index in [0.29, 0.717) is 44.1 Å². The van der Waals surface area contributed by atoms with E-state index < -0.39 is 21.7 Å². The summed E-state index contributed by atoms with van der Waals surface area (Å²) in [4.78, 5) is 14.9. The van der Waals surface area contributed by atoms with Gasteiger partial charge < -0.3 is 24.6 Å². The zero-order chi connectivity index (χ0) is 29.2. The first-order valence-electron chi connectivity index (χ1n) is 14.7. The van der Waals surface area contributed by atoms with Crippen molar-refractivity contribution in [3.8, 4) is 17.2 Å².